The Morgan fingerprint density at radius 3 is 2.50 bits per heavy atom. The third-order valence-corrected chi connectivity index (χ3v) is 1.42. The van der Waals surface area contributed by atoms with E-state index in [-0.39, 0.29) is 18.1 Å². The molecule has 0 aliphatic rings. The number of esters is 1. The predicted molar refractivity (Wildman–Crippen MR) is 42.9 cm³/mol. The van der Waals surface area contributed by atoms with E-state index >= 15 is 0 Å². The molecular weight excluding hydrogens is 184 g/mol. The Morgan fingerprint density at radius 2 is 2.08 bits per heavy atom. The summed E-state index contributed by atoms with van der Waals surface area (Å²) in [6, 6.07) is 0. The van der Waals surface area contributed by atoms with Gasteiger partial charge in [-0.1, -0.05) is 0 Å². The highest BCUT2D eigenvalue weighted by Crippen LogP contribution is 1.96. The predicted octanol–water partition coefficient (Wildman–Crippen LogP) is 0.720. The zero-order valence-electron chi connectivity index (χ0n) is 7.00. The van der Waals surface area contributed by atoms with Gasteiger partial charge in [0.05, 0.1) is 5.88 Å². The minimum absolute atomic E-state index is 0.170. The number of halogens is 1. The van der Waals surface area contributed by atoms with Crippen LogP contribution in [0.2, 0.25) is 0 Å². The lowest BCUT2D eigenvalue weighted by Crippen LogP contribution is -2.19. The number of carbonyl (C=O) groups is 2. The summed E-state index contributed by atoms with van der Waals surface area (Å²) in [6.07, 6.45) is -0.919. The van der Waals surface area contributed by atoms with Crippen LogP contribution in [0.4, 0.5) is 0 Å². The Bertz CT molecular complexity index is 169. The minimum Gasteiger partial charge on any atom is -0.436 e. The summed E-state index contributed by atoms with van der Waals surface area (Å²) in [5.41, 5.74) is 0. The van der Waals surface area contributed by atoms with Crippen molar-refractivity contribution < 1.29 is 19.1 Å². The second kappa shape index (κ2) is 5.97. The smallest absolute Gasteiger partial charge is 0.315 e. The lowest BCUT2D eigenvalue weighted by atomic mass is 10.3. The number of carbonyl (C=O) groups excluding carboxylic acids is 2. The topological polar surface area (TPSA) is 52.6 Å². The highest BCUT2D eigenvalue weighted by Gasteiger charge is 2.12. The summed E-state index contributed by atoms with van der Waals surface area (Å²) in [5.74, 6) is -1.14. The van der Waals surface area contributed by atoms with Crippen LogP contribution in [0, 0.1) is 0 Å². The van der Waals surface area contributed by atoms with Crippen LogP contribution < -0.4 is 0 Å². The van der Waals surface area contributed by atoms with E-state index in [0.717, 1.165) is 0 Å². The molecule has 0 N–H and O–H groups in total. The third-order valence-electron chi connectivity index (χ3n) is 1.12. The van der Waals surface area contributed by atoms with E-state index in [1.54, 1.807) is 6.92 Å². The Labute approximate surface area is 75.8 Å². The van der Waals surface area contributed by atoms with Gasteiger partial charge in [-0.15, -0.1) is 11.6 Å². The Balaban J connectivity index is 3.66. The van der Waals surface area contributed by atoms with Gasteiger partial charge in [-0.05, 0) is 6.92 Å². The molecule has 1 atom stereocenters. The number of rotatable bonds is 5. The van der Waals surface area contributed by atoms with Crippen LogP contribution >= 0.6 is 11.6 Å². The molecule has 0 aliphatic heterocycles. The molecule has 0 aromatic rings. The van der Waals surface area contributed by atoms with E-state index < -0.39 is 12.3 Å². The van der Waals surface area contributed by atoms with E-state index in [2.05, 4.69) is 9.47 Å². The van der Waals surface area contributed by atoms with Crippen LogP contribution in [0.3, 0.4) is 0 Å². The van der Waals surface area contributed by atoms with Gasteiger partial charge in [0.2, 0.25) is 0 Å². The van der Waals surface area contributed by atoms with Crippen molar-refractivity contribution >= 4 is 23.4 Å². The molecule has 70 valence electrons. The first-order valence-electron chi connectivity index (χ1n) is 3.40. The lowest BCUT2D eigenvalue weighted by molar-refractivity contribution is -0.170. The maximum absolute atomic E-state index is 10.8. The van der Waals surface area contributed by atoms with Crippen molar-refractivity contribution in [2.75, 3.05) is 13.0 Å². The molecule has 0 saturated heterocycles. The second-order valence-electron chi connectivity index (χ2n) is 2.14. The molecule has 1 unspecified atom stereocenters. The van der Waals surface area contributed by atoms with Crippen LogP contribution in [0.1, 0.15) is 13.3 Å². The number of Topliss-reactive ketones (excluding diaryl/α,β-unsaturated/α-hetero) is 1. The summed E-state index contributed by atoms with van der Waals surface area (Å²) >= 11 is 5.18. The van der Waals surface area contributed by atoms with Crippen LogP contribution in [0.5, 0.6) is 0 Å². The zero-order chi connectivity index (χ0) is 9.56. The first-order chi connectivity index (χ1) is 5.60. The first kappa shape index (κ1) is 11.4. The van der Waals surface area contributed by atoms with Crippen molar-refractivity contribution in [2.24, 2.45) is 0 Å². The van der Waals surface area contributed by atoms with Crippen molar-refractivity contribution in [1.29, 1.82) is 0 Å². The van der Waals surface area contributed by atoms with Crippen LogP contribution in [-0.4, -0.2) is 31.0 Å². The molecule has 4 nitrogen and oxygen atoms in total. The largest absolute Gasteiger partial charge is 0.436 e. The number of ketones is 1. The molecule has 0 aliphatic carbocycles. The summed E-state index contributed by atoms with van der Waals surface area (Å²) in [7, 11) is 1.40. The fraction of sp³-hybridized carbons (Fsp3) is 0.714. The van der Waals surface area contributed by atoms with Crippen LogP contribution in [0.15, 0.2) is 0 Å². The van der Waals surface area contributed by atoms with Crippen LogP contribution in [-0.2, 0) is 19.1 Å². The standard InChI is InChI=1S/C7H11ClO4/c1-5(11-2)12-7(10)3-6(9)4-8/h5H,3-4H2,1-2H3. The van der Waals surface area contributed by atoms with E-state index in [9.17, 15) is 9.59 Å². The molecule has 0 rings (SSSR count). The van der Waals surface area contributed by atoms with Gasteiger partial charge in [0.15, 0.2) is 12.1 Å². The van der Waals surface area contributed by atoms with Gasteiger partial charge in [-0.25, -0.2) is 0 Å². The van der Waals surface area contributed by atoms with E-state index in [0.29, 0.717) is 0 Å². The monoisotopic (exact) mass is 194 g/mol. The highest BCUT2D eigenvalue weighted by atomic mass is 35.5. The van der Waals surface area contributed by atoms with Gasteiger partial charge < -0.3 is 9.47 Å². The molecule has 0 radical (unpaired) electrons. The fourth-order valence-electron chi connectivity index (χ4n) is 0.483. The van der Waals surface area contributed by atoms with Gasteiger partial charge in [-0.2, -0.15) is 0 Å². The number of alkyl halides is 1. The maximum atomic E-state index is 10.8. The zero-order valence-corrected chi connectivity index (χ0v) is 7.76. The molecule has 0 saturated carbocycles. The van der Waals surface area contributed by atoms with Gasteiger partial charge in [0.25, 0.3) is 0 Å². The fourth-order valence-corrected chi connectivity index (χ4v) is 0.578. The molecule has 0 aromatic carbocycles. The molecule has 0 fully saturated rings. The average Bonchev–Trinajstić information content (AvgIpc) is 2.03. The van der Waals surface area contributed by atoms with Gasteiger partial charge in [0, 0.05) is 7.11 Å². The van der Waals surface area contributed by atoms with Crippen molar-refractivity contribution in [3.8, 4) is 0 Å². The first-order valence-corrected chi connectivity index (χ1v) is 3.93. The van der Waals surface area contributed by atoms with Crippen molar-refractivity contribution in [3.05, 3.63) is 0 Å². The van der Waals surface area contributed by atoms with Crippen molar-refractivity contribution in [2.45, 2.75) is 19.6 Å². The summed E-state index contributed by atoms with van der Waals surface area (Å²) < 4.78 is 9.28. The molecular formula is C7H11ClO4. The molecule has 0 heterocycles. The quantitative estimate of drug-likeness (QED) is 0.280. The van der Waals surface area contributed by atoms with Gasteiger partial charge >= 0.3 is 5.97 Å². The molecule has 0 aromatic heterocycles. The highest BCUT2D eigenvalue weighted by molar-refractivity contribution is 6.28. The SMILES string of the molecule is COC(C)OC(=O)CC(=O)CCl. The summed E-state index contributed by atoms with van der Waals surface area (Å²) in [4.78, 5) is 21.4. The minimum atomic E-state index is -0.624. The molecule has 0 amide bonds. The van der Waals surface area contributed by atoms with Crippen molar-refractivity contribution in [3.63, 3.8) is 0 Å². The molecule has 5 heteroatoms. The lowest BCUT2D eigenvalue weighted by Gasteiger charge is -2.09. The Hall–Kier alpha value is -0.610. The number of hydrogen-bond donors (Lipinski definition) is 0. The maximum Gasteiger partial charge on any atom is 0.315 e. The van der Waals surface area contributed by atoms with Crippen LogP contribution in [0.25, 0.3) is 0 Å². The summed E-state index contributed by atoms with van der Waals surface area (Å²) in [5, 5.41) is 0. The van der Waals surface area contributed by atoms with Gasteiger partial charge in [0.1, 0.15) is 6.42 Å². The number of hydrogen-bond acceptors (Lipinski definition) is 4. The third kappa shape index (κ3) is 5.09. The van der Waals surface area contributed by atoms with E-state index in [4.69, 9.17) is 11.6 Å². The molecule has 0 bridgehead atoms. The Kier molecular flexibility index (Phi) is 5.66. The molecule has 0 spiro atoms. The normalized spacial score (nSPS) is 12.2. The second-order valence-corrected chi connectivity index (χ2v) is 2.41. The van der Waals surface area contributed by atoms with E-state index in [1.165, 1.54) is 7.11 Å². The molecule has 12 heavy (non-hydrogen) atoms. The average molecular weight is 195 g/mol. The number of methoxy groups -OCH3 is 1. The summed E-state index contributed by atoms with van der Waals surface area (Å²) in [6.45, 7) is 1.56. The Morgan fingerprint density at radius 1 is 1.50 bits per heavy atom. The van der Waals surface area contributed by atoms with Gasteiger partial charge in [-0.3, -0.25) is 9.59 Å². The van der Waals surface area contributed by atoms with E-state index in [1.807, 2.05) is 0 Å². The van der Waals surface area contributed by atoms with Crippen molar-refractivity contribution in [1.82, 2.24) is 0 Å². The number of ether oxygens (including phenoxy) is 2.